The summed E-state index contributed by atoms with van der Waals surface area (Å²) in [7, 11) is 0. The van der Waals surface area contributed by atoms with Gasteiger partial charge in [0.25, 0.3) is 0 Å². The second-order valence-corrected chi connectivity index (χ2v) is 6.82. The first-order valence-electron chi connectivity index (χ1n) is 7.49. The molecule has 1 N–H and O–H groups in total. The third-order valence-corrected chi connectivity index (χ3v) is 5.29. The number of thioether (sulfide) groups is 1. The lowest BCUT2D eigenvalue weighted by molar-refractivity contribution is 0.339. The van der Waals surface area contributed by atoms with Gasteiger partial charge in [0.2, 0.25) is 0 Å². The van der Waals surface area contributed by atoms with Crippen molar-refractivity contribution in [3.8, 4) is 0 Å². The van der Waals surface area contributed by atoms with Gasteiger partial charge in [-0.15, -0.1) is 0 Å². The molecule has 1 aliphatic heterocycles. The van der Waals surface area contributed by atoms with Crippen LogP contribution in [-0.2, 0) is 11.5 Å². The number of hydrogen-bond donors (Lipinski definition) is 1. The number of hydrogen-bond acceptors (Lipinski definition) is 4. The molecule has 4 heteroatoms. The molecule has 3 rings (SSSR count). The average Bonchev–Trinajstić information content (AvgIpc) is 2.88. The standard InChI is InChI=1S/C15H23N3S/c1-3-16-15-12-8-19-9-13(12)17-14(18-15)11-6-4-10(2)5-7-11/h10-11H,3-9H2,1-2H3,(H,16,17,18). The summed E-state index contributed by atoms with van der Waals surface area (Å²) >= 11 is 1.96. The molecule has 0 unspecified atom stereocenters. The summed E-state index contributed by atoms with van der Waals surface area (Å²) in [6.45, 7) is 5.44. The molecule has 1 aliphatic carbocycles. The van der Waals surface area contributed by atoms with Crippen LogP contribution < -0.4 is 5.32 Å². The first-order chi connectivity index (χ1) is 9.28. The molecule has 1 fully saturated rings. The Balaban J connectivity index is 1.87. The van der Waals surface area contributed by atoms with E-state index in [4.69, 9.17) is 9.97 Å². The van der Waals surface area contributed by atoms with E-state index in [1.165, 1.54) is 36.9 Å². The Kier molecular flexibility index (Phi) is 3.96. The molecule has 104 valence electrons. The van der Waals surface area contributed by atoms with Gasteiger partial charge in [-0.3, -0.25) is 0 Å². The van der Waals surface area contributed by atoms with Gasteiger partial charge in [-0.1, -0.05) is 19.8 Å². The summed E-state index contributed by atoms with van der Waals surface area (Å²) in [6.07, 6.45) is 5.18. The Morgan fingerprint density at radius 2 is 1.95 bits per heavy atom. The lowest BCUT2D eigenvalue weighted by atomic mass is 9.82. The van der Waals surface area contributed by atoms with Crippen molar-refractivity contribution in [3.05, 3.63) is 17.1 Å². The van der Waals surface area contributed by atoms with Gasteiger partial charge in [-0.2, -0.15) is 11.8 Å². The van der Waals surface area contributed by atoms with Gasteiger partial charge in [-0.05, 0) is 25.7 Å². The number of anilines is 1. The highest BCUT2D eigenvalue weighted by Gasteiger charge is 2.26. The molecule has 0 aromatic carbocycles. The number of rotatable bonds is 3. The highest BCUT2D eigenvalue weighted by molar-refractivity contribution is 7.98. The first kappa shape index (κ1) is 13.2. The van der Waals surface area contributed by atoms with Gasteiger partial charge in [0, 0.05) is 29.5 Å². The number of fused-ring (bicyclic) bond motifs is 1. The normalized spacial score (nSPS) is 26.2. The maximum absolute atomic E-state index is 4.87. The molecule has 3 nitrogen and oxygen atoms in total. The highest BCUT2D eigenvalue weighted by atomic mass is 32.2. The molecule has 0 bridgehead atoms. The average molecular weight is 277 g/mol. The highest BCUT2D eigenvalue weighted by Crippen LogP contribution is 2.38. The van der Waals surface area contributed by atoms with Gasteiger partial charge in [-0.25, -0.2) is 9.97 Å². The fourth-order valence-corrected chi connectivity index (χ4v) is 4.13. The zero-order chi connectivity index (χ0) is 13.2. The van der Waals surface area contributed by atoms with Gasteiger partial charge < -0.3 is 5.32 Å². The Morgan fingerprint density at radius 3 is 2.68 bits per heavy atom. The van der Waals surface area contributed by atoms with Gasteiger partial charge in [0.15, 0.2) is 0 Å². The molecule has 1 aromatic rings. The van der Waals surface area contributed by atoms with Crippen molar-refractivity contribution in [3.63, 3.8) is 0 Å². The number of nitrogens with one attached hydrogen (secondary N) is 1. The lowest BCUT2D eigenvalue weighted by Gasteiger charge is -2.25. The quantitative estimate of drug-likeness (QED) is 0.908. The predicted octanol–water partition coefficient (Wildman–Crippen LogP) is 3.95. The summed E-state index contributed by atoms with van der Waals surface area (Å²) in [4.78, 5) is 9.72. The molecule has 2 aliphatic rings. The second-order valence-electron chi connectivity index (χ2n) is 5.84. The van der Waals surface area contributed by atoms with E-state index in [9.17, 15) is 0 Å². The molecule has 1 aromatic heterocycles. The van der Waals surface area contributed by atoms with Crippen LogP contribution in [0.1, 0.15) is 62.5 Å². The van der Waals surface area contributed by atoms with Crippen molar-refractivity contribution in [1.82, 2.24) is 9.97 Å². The van der Waals surface area contributed by atoms with E-state index in [2.05, 4.69) is 19.2 Å². The van der Waals surface area contributed by atoms with Crippen molar-refractivity contribution in [1.29, 1.82) is 0 Å². The molecule has 0 spiro atoms. The van der Waals surface area contributed by atoms with E-state index in [0.717, 1.165) is 35.6 Å². The van der Waals surface area contributed by atoms with Crippen LogP contribution in [0.15, 0.2) is 0 Å². The molecule has 0 radical (unpaired) electrons. The third kappa shape index (κ3) is 2.73. The molecule has 0 amide bonds. The monoisotopic (exact) mass is 277 g/mol. The predicted molar refractivity (Wildman–Crippen MR) is 81.6 cm³/mol. The number of aromatic nitrogens is 2. The van der Waals surface area contributed by atoms with E-state index < -0.39 is 0 Å². The van der Waals surface area contributed by atoms with Crippen molar-refractivity contribution in [2.45, 2.75) is 57.0 Å². The Bertz CT molecular complexity index is 453. The van der Waals surface area contributed by atoms with E-state index >= 15 is 0 Å². The van der Waals surface area contributed by atoms with Crippen LogP contribution in [0.3, 0.4) is 0 Å². The maximum atomic E-state index is 4.87. The summed E-state index contributed by atoms with van der Waals surface area (Å²) in [5, 5.41) is 3.43. The van der Waals surface area contributed by atoms with E-state index in [1.807, 2.05) is 11.8 Å². The van der Waals surface area contributed by atoms with Crippen molar-refractivity contribution >= 4 is 17.6 Å². The SMILES string of the molecule is CCNc1nc(C2CCC(C)CC2)nc2c1CSC2. The van der Waals surface area contributed by atoms with Gasteiger partial charge in [0.1, 0.15) is 11.6 Å². The molecule has 1 saturated carbocycles. The van der Waals surface area contributed by atoms with Crippen LogP contribution in [0.5, 0.6) is 0 Å². The number of nitrogens with zero attached hydrogens (tertiary/aromatic N) is 2. The van der Waals surface area contributed by atoms with Gasteiger partial charge in [0.05, 0.1) is 5.69 Å². The van der Waals surface area contributed by atoms with Crippen LogP contribution in [0.4, 0.5) is 5.82 Å². The molecular formula is C15H23N3S. The minimum Gasteiger partial charge on any atom is -0.370 e. The second kappa shape index (κ2) is 5.70. The molecular weight excluding hydrogens is 254 g/mol. The zero-order valence-corrected chi connectivity index (χ0v) is 12.7. The minimum absolute atomic E-state index is 0.588. The Hall–Kier alpha value is -0.770. The molecule has 2 heterocycles. The third-order valence-electron chi connectivity index (χ3n) is 4.32. The topological polar surface area (TPSA) is 37.8 Å². The van der Waals surface area contributed by atoms with Crippen LogP contribution in [0, 0.1) is 5.92 Å². The van der Waals surface area contributed by atoms with Crippen LogP contribution in [0.2, 0.25) is 0 Å². The fourth-order valence-electron chi connectivity index (χ4n) is 3.08. The molecule has 0 atom stereocenters. The van der Waals surface area contributed by atoms with Crippen LogP contribution >= 0.6 is 11.8 Å². The summed E-state index contributed by atoms with van der Waals surface area (Å²) in [5.41, 5.74) is 2.63. The molecule has 0 saturated heterocycles. The van der Waals surface area contributed by atoms with Crippen LogP contribution in [-0.4, -0.2) is 16.5 Å². The van der Waals surface area contributed by atoms with Crippen LogP contribution in [0.25, 0.3) is 0 Å². The summed E-state index contributed by atoms with van der Waals surface area (Å²) in [6, 6.07) is 0. The fraction of sp³-hybridized carbons (Fsp3) is 0.733. The molecule has 19 heavy (non-hydrogen) atoms. The van der Waals surface area contributed by atoms with Crippen molar-refractivity contribution < 1.29 is 0 Å². The first-order valence-corrected chi connectivity index (χ1v) is 8.64. The Labute approximate surface area is 120 Å². The Morgan fingerprint density at radius 1 is 1.16 bits per heavy atom. The van der Waals surface area contributed by atoms with Crippen molar-refractivity contribution in [2.24, 2.45) is 5.92 Å². The van der Waals surface area contributed by atoms with E-state index in [1.54, 1.807) is 0 Å². The summed E-state index contributed by atoms with van der Waals surface area (Å²) < 4.78 is 0. The largest absolute Gasteiger partial charge is 0.370 e. The lowest BCUT2D eigenvalue weighted by Crippen LogP contribution is -2.16. The van der Waals surface area contributed by atoms with Gasteiger partial charge >= 0.3 is 0 Å². The minimum atomic E-state index is 0.588. The maximum Gasteiger partial charge on any atom is 0.134 e. The van der Waals surface area contributed by atoms with Crippen molar-refractivity contribution in [2.75, 3.05) is 11.9 Å². The smallest absolute Gasteiger partial charge is 0.134 e. The zero-order valence-electron chi connectivity index (χ0n) is 11.9. The summed E-state index contributed by atoms with van der Waals surface area (Å²) in [5.74, 6) is 5.81. The van der Waals surface area contributed by atoms with E-state index in [-0.39, 0.29) is 0 Å². The van der Waals surface area contributed by atoms with E-state index in [0.29, 0.717) is 5.92 Å².